The van der Waals surface area contributed by atoms with Crippen LogP contribution in [-0.4, -0.2) is 19.1 Å². The van der Waals surface area contributed by atoms with Gasteiger partial charge >= 0.3 is 0 Å². The number of benzene rings is 1. The first-order valence-electron chi connectivity index (χ1n) is 8.63. The van der Waals surface area contributed by atoms with Crippen LogP contribution in [0.5, 0.6) is 0 Å². The predicted molar refractivity (Wildman–Crippen MR) is 93.0 cm³/mol. The third kappa shape index (κ3) is 3.60. The summed E-state index contributed by atoms with van der Waals surface area (Å²) in [6.45, 7) is 11.5. The molecule has 118 valence electrons. The fourth-order valence-corrected chi connectivity index (χ4v) is 3.52. The topological polar surface area (TPSA) is 29.3 Å². The normalized spacial score (nSPS) is 19.0. The summed E-state index contributed by atoms with van der Waals surface area (Å²) in [5.41, 5.74) is 10.8. The van der Waals surface area contributed by atoms with Crippen LogP contribution in [0.15, 0.2) is 18.2 Å². The van der Waals surface area contributed by atoms with Crippen molar-refractivity contribution in [3.63, 3.8) is 0 Å². The summed E-state index contributed by atoms with van der Waals surface area (Å²) >= 11 is 0. The zero-order valence-electron chi connectivity index (χ0n) is 14.3. The van der Waals surface area contributed by atoms with Gasteiger partial charge in [-0.05, 0) is 67.7 Å². The molecule has 1 heterocycles. The number of hydrogen-bond acceptors (Lipinski definition) is 2. The highest BCUT2D eigenvalue weighted by Gasteiger charge is 2.34. The van der Waals surface area contributed by atoms with E-state index in [-0.39, 0.29) is 6.04 Å². The molecule has 1 saturated heterocycles. The van der Waals surface area contributed by atoms with Crippen LogP contribution in [-0.2, 0) is 6.42 Å². The highest BCUT2D eigenvalue weighted by atomic mass is 15.2. The van der Waals surface area contributed by atoms with Crippen LogP contribution >= 0.6 is 0 Å². The van der Waals surface area contributed by atoms with Gasteiger partial charge in [0.05, 0.1) is 0 Å². The van der Waals surface area contributed by atoms with E-state index in [0.717, 1.165) is 12.8 Å². The quantitative estimate of drug-likeness (QED) is 0.846. The van der Waals surface area contributed by atoms with Crippen molar-refractivity contribution in [1.29, 1.82) is 0 Å². The summed E-state index contributed by atoms with van der Waals surface area (Å²) < 4.78 is 0. The molecule has 21 heavy (non-hydrogen) atoms. The number of nitrogens with zero attached hydrogens (tertiary/aromatic N) is 1. The summed E-state index contributed by atoms with van der Waals surface area (Å²) in [4.78, 5) is 2.57. The van der Waals surface area contributed by atoms with Crippen LogP contribution in [0.1, 0.15) is 57.6 Å². The van der Waals surface area contributed by atoms with E-state index in [2.05, 4.69) is 50.8 Å². The lowest BCUT2D eigenvalue weighted by Gasteiger charge is -2.27. The van der Waals surface area contributed by atoms with E-state index < -0.39 is 0 Å². The van der Waals surface area contributed by atoms with Crippen LogP contribution in [0.3, 0.4) is 0 Å². The van der Waals surface area contributed by atoms with Crippen molar-refractivity contribution in [3.05, 3.63) is 29.3 Å². The standard InChI is InChI=1S/C19H32N2/c1-5-17(20)13-16-8-9-18(12-15(16)4)21-11-10-19(6-2,7-3)14-21/h8-9,12,17H,5-7,10-11,13-14,20H2,1-4H3. The molecular weight excluding hydrogens is 256 g/mol. The van der Waals surface area contributed by atoms with Gasteiger partial charge in [-0.25, -0.2) is 0 Å². The average Bonchev–Trinajstić information content (AvgIpc) is 2.94. The Morgan fingerprint density at radius 1 is 1.24 bits per heavy atom. The first-order valence-corrected chi connectivity index (χ1v) is 8.63. The lowest BCUT2D eigenvalue weighted by Crippen LogP contribution is -2.26. The second-order valence-corrected chi connectivity index (χ2v) is 6.86. The number of rotatable bonds is 6. The van der Waals surface area contributed by atoms with Gasteiger partial charge in [-0.3, -0.25) is 0 Å². The minimum absolute atomic E-state index is 0.286. The molecule has 1 aromatic carbocycles. The summed E-state index contributed by atoms with van der Waals surface area (Å²) in [6, 6.07) is 7.23. The molecule has 0 aliphatic carbocycles. The lowest BCUT2D eigenvalue weighted by molar-refractivity contribution is 0.301. The second-order valence-electron chi connectivity index (χ2n) is 6.86. The molecule has 1 aromatic rings. The van der Waals surface area contributed by atoms with E-state index >= 15 is 0 Å². The fourth-order valence-electron chi connectivity index (χ4n) is 3.52. The molecule has 0 bridgehead atoms. The Kier molecular flexibility index (Phi) is 5.32. The molecule has 0 spiro atoms. The van der Waals surface area contributed by atoms with Gasteiger partial charge in [0.2, 0.25) is 0 Å². The molecule has 2 nitrogen and oxygen atoms in total. The molecule has 1 aliphatic heterocycles. The minimum Gasteiger partial charge on any atom is -0.371 e. The summed E-state index contributed by atoms with van der Waals surface area (Å²) in [7, 11) is 0. The van der Waals surface area contributed by atoms with Crippen LogP contribution in [0.25, 0.3) is 0 Å². The van der Waals surface area contributed by atoms with E-state index in [0.29, 0.717) is 5.41 Å². The second kappa shape index (κ2) is 6.83. The van der Waals surface area contributed by atoms with Crippen LogP contribution in [0.2, 0.25) is 0 Å². The summed E-state index contributed by atoms with van der Waals surface area (Å²) in [5.74, 6) is 0. The van der Waals surface area contributed by atoms with E-state index in [1.165, 1.54) is 49.2 Å². The number of aryl methyl sites for hydroxylation is 1. The van der Waals surface area contributed by atoms with Crippen molar-refractivity contribution in [2.45, 2.75) is 65.8 Å². The minimum atomic E-state index is 0.286. The van der Waals surface area contributed by atoms with Crippen molar-refractivity contribution in [1.82, 2.24) is 0 Å². The molecule has 2 N–H and O–H groups in total. The van der Waals surface area contributed by atoms with Gasteiger partial charge in [0.1, 0.15) is 0 Å². The molecule has 1 unspecified atom stereocenters. The van der Waals surface area contributed by atoms with Crippen molar-refractivity contribution in [2.24, 2.45) is 11.1 Å². The largest absolute Gasteiger partial charge is 0.371 e. The Balaban J connectivity index is 2.10. The Morgan fingerprint density at radius 3 is 2.48 bits per heavy atom. The molecule has 0 saturated carbocycles. The maximum absolute atomic E-state index is 6.10. The van der Waals surface area contributed by atoms with Crippen molar-refractivity contribution in [2.75, 3.05) is 18.0 Å². The molecular formula is C19H32N2. The lowest BCUT2D eigenvalue weighted by atomic mass is 9.82. The Hall–Kier alpha value is -1.02. The van der Waals surface area contributed by atoms with Crippen LogP contribution in [0, 0.1) is 12.3 Å². The first-order chi connectivity index (χ1) is 10.0. The molecule has 0 amide bonds. The third-order valence-corrected chi connectivity index (χ3v) is 5.64. The monoisotopic (exact) mass is 288 g/mol. The Morgan fingerprint density at radius 2 is 1.95 bits per heavy atom. The maximum Gasteiger partial charge on any atom is 0.0369 e. The third-order valence-electron chi connectivity index (χ3n) is 5.64. The Labute approximate surface area is 130 Å². The molecule has 2 rings (SSSR count). The molecule has 1 fully saturated rings. The zero-order valence-corrected chi connectivity index (χ0v) is 14.3. The Bertz CT molecular complexity index is 463. The van der Waals surface area contributed by atoms with E-state index in [4.69, 9.17) is 5.73 Å². The molecule has 0 radical (unpaired) electrons. The van der Waals surface area contributed by atoms with Gasteiger partial charge in [-0.1, -0.05) is 26.8 Å². The zero-order chi connectivity index (χ0) is 15.5. The highest BCUT2D eigenvalue weighted by Crippen LogP contribution is 2.39. The number of anilines is 1. The summed E-state index contributed by atoms with van der Waals surface area (Å²) in [6.07, 6.45) is 5.96. The molecule has 0 aromatic heterocycles. The van der Waals surface area contributed by atoms with Gasteiger partial charge in [0.15, 0.2) is 0 Å². The van der Waals surface area contributed by atoms with Gasteiger partial charge in [-0.2, -0.15) is 0 Å². The van der Waals surface area contributed by atoms with Crippen molar-refractivity contribution in [3.8, 4) is 0 Å². The van der Waals surface area contributed by atoms with Gasteiger partial charge < -0.3 is 10.6 Å². The molecule has 2 heteroatoms. The average molecular weight is 288 g/mol. The van der Waals surface area contributed by atoms with Crippen molar-refractivity contribution >= 4 is 5.69 Å². The highest BCUT2D eigenvalue weighted by molar-refractivity contribution is 5.52. The number of hydrogen-bond donors (Lipinski definition) is 1. The van der Waals surface area contributed by atoms with Gasteiger partial charge in [0, 0.05) is 24.8 Å². The van der Waals surface area contributed by atoms with Crippen molar-refractivity contribution < 1.29 is 0 Å². The fraction of sp³-hybridized carbons (Fsp3) is 0.684. The van der Waals surface area contributed by atoms with Crippen LogP contribution in [0.4, 0.5) is 5.69 Å². The predicted octanol–water partition coefficient (Wildman–Crippen LogP) is 4.29. The smallest absolute Gasteiger partial charge is 0.0369 e. The van der Waals surface area contributed by atoms with E-state index in [9.17, 15) is 0 Å². The van der Waals surface area contributed by atoms with E-state index in [1.807, 2.05) is 0 Å². The molecule has 1 atom stereocenters. The van der Waals surface area contributed by atoms with Crippen LogP contribution < -0.4 is 10.6 Å². The summed E-state index contributed by atoms with van der Waals surface area (Å²) in [5, 5.41) is 0. The van der Waals surface area contributed by atoms with Gasteiger partial charge in [-0.15, -0.1) is 0 Å². The molecule has 1 aliphatic rings. The first kappa shape index (κ1) is 16.4. The van der Waals surface area contributed by atoms with E-state index in [1.54, 1.807) is 0 Å². The SMILES string of the molecule is CCC(N)Cc1ccc(N2CCC(CC)(CC)C2)cc1C. The maximum atomic E-state index is 6.10. The number of nitrogens with two attached hydrogens (primary N) is 1. The van der Waals surface area contributed by atoms with Gasteiger partial charge in [0.25, 0.3) is 0 Å².